The standard InChI is InChI=1S/C17H23N3O3S/c1-9(2)20(3)16(23)11-7-12-14(13(21)8-11)24-17(18-12)19-15(22)10-5-4-6-10/h9-11H,4-8H2,1-3H3,(H,18,19,22)/t11-/m0/s1. The van der Waals surface area contributed by atoms with Gasteiger partial charge >= 0.3 is 0 Å². The van der Waals surface area contributed by atoms with Crippen molar-refractivity contribution in [2.45, 2.75) is 52.0 Å². The van der Waals surface area contributed by atoms with Gasteiger partial charge in [-0.15, -0.1) is 0 Å². The fraction of sp³-hybridized carbons (Fsp3) is 0.647. The van der Waals surface area contributed by atoms with Crippen molar-refractivity contribution in [1.29, 1.82) is 0 Å². The predicted octanol–water partition coefficient (Wildman–Crippen LogP) is 2.49. The molecule has 1 saturated carbocycles. The van der Waals surface area contributed by atoms with E-state index in [4.69, 9.17) is 0 Å². The number of nitrogens with zero attached hydrogens (tertiary/aromatic N) is 2. The van der Waals surface area contributed by atoms with Gasteiger partial charge in [-0.2, -0.15) is 0 Å². The summed E-state index contributed by atoms with van der Waals surface area (Å²) in [4.78, 5) is 43.6. The normalized spacial score (nSPS) is 20.5. The zero-order valence-corrected chi connectivity index (χ0v) is 15.1. The number of aromatic nitrogens is 1. The van der Waals surface area contributed by atoms with Crippen LogP contribution in [0, 0.1) is 11.8 Å². The fourth-order valence-electron chi connectivity index (χ4n) is 2.98. The van der Waals surface area contributed by atoms with Crippen molar-refractivity contribution in [3.8, 4) is 0 Å². The van der Waals surface area contributed by atoms with Gasteiger partial charge in [-0.05, 0) is 26.7 Å². The van der Waals surface area contributed by atoms with E-state index < -0.39 is 0 Å². The van der Waals surface area contributed by atoms with Crippen molar-refractivity contribution in [3.05, 3.63) is 10.6 Å². The number of carbonyl (C=O) groups is 3. The number of fused-ring (bicyclic) bond motifs is 1. The van der Waals surface area contributed by atoms with Crippen LogP contribution >= 0.6 is 11.3 Å². The van der Waals surface area contributed by atoms with Crippen molar-refractivity contribution in [1.82, 2.24) is 9.88 Å². The van der Waals surface area contributed by atoms with Crippen LogP contribution in [0.15, 0.2) is 0 Å². The van der Waals surface area contributed by atoms with E-state index in [9.17, 15) is 14.4 Å². The molecule has 2 amide bonds. The maximum atomic E-state index is 12.5. The molecule has 1 heterocycles. The Morgan fingerprint density at radius 1 is 1.25 bits per heavy atom. The van der Waals surface area contributed by atoms with Crippen LogP contribution in [0.2, 0.25) is 0 Å². The molecule has 0 unspecified atom stereocenters. The quantitative estimate of drug-likeness (QED) is 0.906. The zero-order valence-electron chi connectivity index (χ0n) is 14.3. The summed E-state index contributed by atoms with van der Waals surface area (Å²) < 4.78 is 0. The molecule has 2 aliphatic rings. The van der Waals surface area contributed by atoms with Crippen molar-refractivity contribution < 1.29 is 14.4 Å². The average molecular weight is 349 g/mol. The summed E-state index contributed by atoms with van der Waals surface area (Å²) >= 11 is 1.23. The molecular weight excluding hydrogens is 326 g/mol. The summed E-state index contributed by atoms with van der Waals surface area (Å²) in [5, 5.41) is 3.31. The second-order valence-electron chi connectivity index (χ2n) is 6.98. The van der Waals surface area contributed by atoms with Crippen LogP contribution in [0.5, 0.6) is 0 Å². The highest BCUT2D eigenvalue weighted by Crippen LogP contribution is 2.34. The molecule has 6 nitrogen and oxygen atoms in total. The summed E-state index contributed by atoms with van der Waals surface area (Å²) in [6, 6.07) is 0.0989. The van der Waals surface area contributed by atoms with Gasteiger partial charge < -0.3 is 10.2 Å². The molecule has 130 valence electrons. The van der Waals surface area contributed by atoms with Crippen LogP contribution < -0.4 is 5.32 Å². The molecule has 7 heteroatoms. The Labute approximate surface area is 145 Å². The minimum absolute atomic E-state index is 0.00744. The molecular formula is C17H23N3O3S. The molecule has 1 N–H and O–H groups in total. The van der Waals surface area contributed by atoms with E-state index in [1.807, 2.05) is 13.8 Å². The lowest BCUT2D eigenvalue weighted by atomic mass is 9.85. The molecule has 0 saturated heterocycles. The third-order valence-corrected chi connectivity index (χ3v) is 6.05. The van der Waals surface area contributed by atoms with Gasteiger partial charge in [0.05, 0.1) is 16.5 Å². The van der Waals surface area contributed by atoms with Gasteiger partial charge in [0.2, 0.25) is 11.8 Å². The van der Waals surface area contributed by atoms with Crippen molar-refractivity contribution in [2.24, 2.45) is 11.8 Å². The maximum Gasteiger partial charge on any atom is 0.229 e. The summed E-state index contributed by atoms with van der Waals surface area (Å²) in [6.45, 7) is 3.90. The third kappa shape index (κ3) is 3.22. The van der Waals surface area contributed by atoms with Gasteiger partial charge in [0, 0.05) is 31.8 Å². The smallest absolute Gasteiger partial charge is 0.229 e. The average Bonchev–Trinajstić information content (AvgIpc) is 2.86. The number of Topliss-reactive ketones (excluding diaryl/α,β-unsaturated/α-hetero) is 1. The van der Waals surface area contributed by atoms with Crippen LogP contribution in [-0.4, -0.2) is 40.6 Å². The molecule has 0 aromatic carbocycles. The van der Waals surface area contributed by atoms with E-state index >= 15 is 0 Å². The Kier molecular flexibility index (Phi) is 4.71. The van der Waals surface area contributed by atoms with E-state index in [1.165, 1.54) is 11.3 Å². The highest BCUT2D eigenvalue weighted by molar-refractivity contribution is 7.17. The molecule has 0 radical (unpaired) electrons. The Balaban J connectivity index is 1.72. The first kappa shape index (κ1) is 17.1. The number of ketones is 1. The predicted molar refractivity (Wildman–Crippen MR) is 92.1 cm³/mol. The second-order valence-corrected chi connectivity index (χ2v) is 7.98. The topological polar surface area (TPSA) is 79.4 Å². The van der Waals surface area contributed by atoms with Crippen LogP contribution in [0.1, 0.15) is 54.9 Å². The Morgan fingerprint density at radius 2 is 1.96 bits per heavy atom. The van der Waals surface area contributed by atoms with Crippen LogP contribution in [0.3, 0.4) is 0 Å². The molecule has 1 aromatic rings. The lowest BCUT2D eigenvalue weighted by molar-refractivity contribution is -0.135. The van der Waals surface area contributed by atoms with Gasteiger partial charge in [0.15, 0.2) is 10.9 Å². The number of rotatable bonds is 4. The van der Waals surface area contributed by atoms with Gasteiger partial charge in [-0.25, -0.2) is 4.98 Å². The van der Waals surface area contributed by atoms with E-state index in [2.05, 4.69) is 10.3 Å². The van der Waals surface area contributed by atoms with Crippen molar-refractivity contribution in [2.75, 3.05) is 12.4 Å². The zero-order chi connectivity index (χ0) is 17.4. The van der Waals surface area contributed by atoms with Gasteiger partial charge in [0.25, 0.3) is 0 Å². The number of hydrogen-bond donors (Lipinski definition) is 1. The summed E-state index contributed by atoms with van der Waals surface area (Å²) in [5.74, 6) is -0.345. The molecule has 2 aliphatic carbocycles. The number of carbonyl (C=O) groups excluding carboxylic acids is 3. The van der Waals surface area contributed by atoms with Gasteiger partial charge in [0.1, 0.15) is 0 Å². The van der Waals surface area contributed by atoms with E-state index in [0.717, 1.165) is 19.3 Å². The highest BCUT2D eigenvalue weighted by atomic mass is 32.1. The van der Waals surface area contributed by atoms with Gasteiger partial charge in [-0.3, -0.25) is 14.4 Å². The van der Waals surface area contributed by atoms with Gasteiger partial charge in [-0.1, -0.05) is 17.8 Å². The van der Waals surface area contributed by atoms with Crippen LogP contribution in [-0.2, 0) is 16.0 Å². The molecule has 1 fully saturated rings. The summed E-state index contributed by atoms with van der Waals surface area (Å²) in [7, 11) is 1.76. The van der Waals surface area contributed by atoms with Crippen LogP contribution in [0.4, 0.5) is 5.13 Å². The fourth-order valence-corrected chi connectivity index (χ4v) is 3.92. The minimum atomic E-state index is -0.352. The maximum absolute atomic E-state index is 12.5. The molecule has 1 atom stereocenters. The third-order valence-electron chi connectivity index (χ3n) is 5.00. The number of nitrogens with one attached hydrogen (secondary N) is 1. The molecule has 0 bridgehead atoms. The van der Waals surface area contributed by atoms with Crippen molar-refractivity contribution in [3.63, 3.8) is 0 Å². The highest BCUT2D eigenvalue weighted by Gasteiger charge is 2.35. The number of anilines is 1. The summed E-state index contributed by atoms with van der Waals surface area (Å²) in [6.07, 6.45) is 3.63. The Bertz CT molecular complexity index is 679. The molecule has 24 heavy (non-hydrogen) atoms. The number of thiazole rings is 1. The largest absolute Gasteiger partial charge is 0.343 e. The first-order chi connectivity index (χ1) is 11.4. The number of amides is 2. The lowest BCUT2D eigenvalue weighted by Crippen LogP contribution is -2.40. The Hall–Kier alpha value is -1.76. The van der Waals surface area contributed by atoms with Crippen LogP contribution in [0.25, 0.3) is 0 Å². The molecule has 1 aromatic heterocycles. The first-order valence-electron chi connectivity index (χ1n) is 8.47. The SMILES string of the molecule is CC(C)N(C)C(=O)[C@@H]1CC(=O)c2sc(NC(=O)C3CCC3)nc2C1. The number of hydrogen-bond acceptors (Lipinski definition) is 5. The Morgan fingerprint density at radius 3 is 2.54 bits per heavy atom. The summed E-state index contributed by atoms with van der Waals surface area (Å²) in [5.41, 5.74) is 0.649. The second kappa shape index (κ2) is 6.63. The van der Waals surface area contributed by atoms with Crippen molar-refractivity contribution >= 4 is 34.1 Å². The minimum Gasteiger partial charge on any atom is -0.343 e. The monoisotopic (exact) mass is 349 g/mol. The van der Waals surface area contributed by atoms with E-state index in [0.29, 0.717) is 22.1 Å². The molecule has 0 aliphatic heterocycles. The lowest BCUT2D eigenvalue weighted by Gasteiger charge is -2.28. The molecule has 0 spiro atoms. The van der Waals surface area contributed by atoms with E-state index in [1.54, 1.807) is 11.9 Å². The molecule has 3 rings (SSSR count). The first-order valence-corrected chi connectivity index (χ1v) is 9.29. The van der Waals surface area contributed by atoms with E-state index in [-0.39, 0.29) is 41.9 Å².